The summed E-state index contributed by atoms with van der Waals surface area (Å²) in [6.07, 6.45) is 0. The standard InChI is InChI=1S/C25H20F3NO3S/c1-17-20(10-5-11-22(17)18-7-3-2-4-8-18)16-32-24-12-6-9-19-15-21(13-14-23(19)24)29-33(30,31)25(26,27)28/h2-15,29H,16H2,1H3. The fourth-order valence-electron chi connectivity index (χ4n) is 3.58. The van der Waals surface area contributed by atoms with Crippen LogP contribution in [0.4, 0.5) is 18.9 Å². The summed E-state index contributed by atoms with van der Waals surface area (Å²) in [5, 5.41) is 1.20. The first-order valence-corrected chi connectivity index (χ1v) is 11.5. The van der Waals surface area contributed by atoms with E-state index in [-0.39, 0.29) is 5.69 Å². The molecule has 8 heteroatoms. The molecular formula is C25H20F3NO3S. The summed E-state index contributed by atoms with van der Waals surface area (Å²) >= 11 is 0. The molecule has 0 saturated heterocycles. The normalized spacial score (nSPS) is 12.0. The zero-order valence-electron chi connectivity index (χ0n) is 17.6. The molecule has 4 nitrogen and oxygen atoms in total. The summed E-state index contributed by atoms with van der Waals surface area (Å²) in [5.41, 5.74) is -1.26. The number of halogens is 3. The van der Waals surface area contributed by atoms with Crippen LogP contribution in [0.25, 0.3) is 21.9 Å². The van der Waals surface area contributed by atoms with Crippen LogP contribution in [0, 0.1) is 6.92 Å². The fraction of sp³-hybridized carbons (Fsp3) is 0.120. The number of benzene rings is 4. The number of anilines is 1. The Morgan fingerprint density at radius 1 is 0.879 bits per heavy atom. The molecule has 0 amide bonds. The van der Waals surface area contributed by atoms with Gasteiger partial charge in [0.05, 0.1) is 0 Å². The quantitative estimate of drug-likeness (QED) is 0.342. The van der Waals surface area contributed by atoms with Gasteiger partial charge in [-0.2, -0.15) is 21.6 Å². The van der Waals surface area contributed by atoms with Gasteiger partial charge >= 0.3 is 15.5 Å². The molecule has 0 radical (unpaired) electrons. The summed E-state index contributed by atoms with van der Waals surface area (Å²) < 4.78 is 68.4. The Balaban J connectivity index is 1.58. The maximum absolute atomic E-state index is 12.7. The number of fused-ring (bicyclic) bond motifs is 1. The van der Waals surface area contributed by atoms with Gasteiger partial charge in [-0.25, -0.2) is 0 Å². The number of hydrogen-bond acceptors (Lipinski definition) is 3. The summed E-state index contributed by atoms with van der Waals surface area (Å²) in [6, 6.07) is 25.3. The smallest absolute Gasteiger partial charge is 0.488 e. The fourth-order valence-corrected chi connectivity index (χ4v) is 4.14. The lowest BCUT2D eigenvalue weighted by Gasteiger charge is -2.15. The largest absolute Gasteiger partial charge is 0.516 e. The Kier molecular flexibility index (Phi) is 6.03. The van der Waals surface area contributed by atoms with E-state index in [1.54, 1.807) is 22.9 Å². The average Bonchev–Trinajstić information content (AvgIpc) is 2.78. The van der Waals surface area contributed by atoms with Crippen LogP contribution in [0.3, 0.4) is 0 Å². The topological polar surface area (TPSA) is 55.4 Å². The highest BCUT2D eigenvalue weighted by atomic mass is 32.2. The van der Waals surface area contributed by atoms with Gasteiger partial charge in [0.1, 0.15) is 12.4 Å². The second-order valence-corrected chi connectivity index (χ2v) is 9.16. The Bertz CT molecular complexity index is 1400. The van der Waals surface area contributed by atoms with Crippen molar-refractivity contribution in [3.05, 3.63) is 96.1 Å². The van der Waals surface area contributed by atoms with E-state index in [1.165, 1.54) is 18.2 Å². The van der Waals surface area contributed by atoms with E-state index in [2.05, 4.69) is 6.07 Å². The van der Waals surface area contributed by atoms with E-state index >= 15 is 0 Å². The highest BCUT2D eigenvalue weighted by molar-refractivity contribution is 7.93. The minimum Gasteiger partial charge on any atom is -0.488 e. The van der Waals surface area contributed by atoms with Crippen molar-refractivity contribution in [3.63, 3.8) is 0 Å². The minimum atomic E-state index is -5.49. The molecule has 4 aromatic rings. The van der Waals surface area contributed by atoms with Gasteiger partial charge in [0.2, 0.25) is 0 Å². The highest BCUT2D eigenvalue weighted by Gasteiger charge is 2.46. The molecule has 4 aromatic carbocycles. The van der Waals surface area contributed by atoms with Crippen molar-refractivity contribution >= 4 is 26.5 Å². The predicted molar refractivity (Wildman–Crippen MR) is 123 cm³/mol. The van der Waals surface area contributed by atoms with Crippen molar-refractivity contribution in [1.29, 1.82) is 0 Å². The maximum Gasteiger partial charge on any atom is 0.516 e. The van der Waals surface area contributed by atoms with Crippen molar-refractivity contribution < 1.29 is 26.3 Å². The molecule has 4 rings (SSSR count). The van der Waals surface area contributed by atoms with E-state index in [9.17, 15) is 21.6 Å². The van der Waals surface area contributed by atoms with Crippen molar-refractivity contribution in [1.82, 2.24) is 0 Å². The van der Waals surface area contributed by atoms with E-state index in [4.69, 9.17) is 4.74 Å². The van der Waals surface area contributed by atoms with Gasteiger partial charge in [0.25, 0.3) is 0 Å². The molecule has 170 valence electrons. The molecule has 33 heavy (non-hydrogen) atoms. The van der Waals surface area contributed by atoms with E-state index in [1.807, 2.05) is 49.4 Å². The number of hydrogen-bond donors (Lipinski definition) is 1. The van der Waals surface area contributed by atoms with Crippen LogP contribution in [0.2, 0.25) is 0 Å². The highest BCUT2D eigenvalue weighted by Crippen LogP contribution is 2.32. The number of ether oxygens (including phenoxy) is 1. The second kappa shape index (κ2) is 8.78. The summed E-state index contributed by atoms with van der Waals surface area (Å²) in [7, 11) is -5.49. The molecule has 0 bridgehead atoms. The van der Waals surface area contributed by atoms with Gasteiger partial charge in [-0.15, -0.1) is 0 Å². The van der Waals surface area contributed by atoms with Crippen molar-refractivity contribution in [2.75, 3.05) is 4.72 Å². The van der Waals surface area contributed by atoms with Gasteiger partial charge in [0, 0.05) is 11.1 Å². The molecular weight excluding hydrogens is 451 g/mol. The van der Waals surface area contributed by atoms with E-state index in [0.717, 1.165) is 22.3 Å². The van der Waals surface area contributed by atoms with Gasteiger partial charge in [-0.3, -0.25) is 4.72 Å². The molecule has 0 aliphatic rings. The first kappa shape index (κ1) is 22.7. The summed E-state index contributed by atoms with van der Waals surface area (Å²) in [6.45, 7) is 2.33. The van der Waals surface area contributed by atoms with Crippen LogP contribution < -0.4 is 9.46 Å². The number of alkyl halides is 3. The predicted octanol–water partition coefficient (Wildman–Crippen LogP) is 6.66. The molecule has 0 atom stereocenters. The van der Waals surface area contributed by atoms with Crippen LogP contribution >= 0.6 is 0 Å². The van der Waals surface area contributed by atoms with Gasteiger partial charge in [-0.05, 0) is 58.8 Å². The first-order chi connectivity index (χ1) is 15.7. The third kappa shape index (κ3) is 4.80. The lowest BCUT2D eigenvalue weighted by Crippen LogP contribution is -2.29. The van der Waals surface area contributed by atoms with Gasteiger partial charge in [0.15, 0.2) is 0 Å². The lowest BCUT2D eigenvalue weighted by molar-refractivity contribution is -0.0429. The summed E-state index contributed by atoms with van der Waals surface area (Å²) in [4.78, 5) is 0. The number of sulfonamides is 1. The Labute approximate surface area is 189 Å². The SMILES string of the molecule is Cc1c(COc2cccc3cc(NS(=O)(=O)C(F)(F)F)ccc23)cccc1-c1ccccc1. The van der Waals surface area contributed by atoms with Gasteiger partial charge in [-0.1, -0.05) is 60.7 Å². The minimum absolute atomic E-state index is 0.177. The average molecular weight is 472 g/mol. The molecule has 0 aliphatic carbocycles. The molecule has 1 N–H and O–H groups in total. The Morgan fingerprint density at radius 2 is 1.61 bits per heavy atom. The monoisotopic (exact) mass is 471 g/mol. The van der Waals surface area contributed by atoms with E-state index < -0.39 is 15.5 Å². The molecule has 0 aromatic heterocycles. The van der Waals surface area contributed by atoms with Crippen LogP contribution in [0.5, 0.6) is 5.75 Å². The van der Waals surface area contributed by atoms with Crippen molar-refractivity contribution in [2.24, 2.45) is 0 Å². The zero-order valence-corrected chi connectivity index (χ0v) is 18.4. The van der Waals surface area contributed by atoms with Crippen molar-refractivity contribution in [2.45, 2.75) is 19.0 Å². The van der Waals surface area contributed by atoms with Crippen LogP contribution in [0.1, 0.15) is 11.1 Å². The molecule has 0 unspecified atom stereocenters. The molecule has 0 spiro atoms. The van der Waals surface area contributed by atoms with Crippen molar-refractivity contribution in [3.8, 4) is 16.9 Å². The molecule has 0 fully saturated rings. The third-order valence-corrected chi connectivity index (χ3v) is 6.43. The van der Waals surface area contributed by atoms with Crippen LogP contribution in [-0.4, -0.2) is 13.9 Å². The second-order valence-electron chi connectivity index (χ2n) is 7.49. The first-order valence-electron chi connectivity index (χ1n) is 10.0. The maximum atomic E-state index is 12.7. The van der Waals surface area contributed by atoms with Gasteiger partial charge < -0.3 is 4.74 Å². The summed E-state index contributed by atoms with van der Waals surface area (Å²) in [5.74, 6) is 0.544. The Hall–Kier alpha value is -3.52. The number of nitrogens with one attached hydrogen (secondary N) is 1. The van der Waals surface area contributed by atoms with Crippen LogP contribution in [-0.2, 0) is 16.6 Å². The molecule has 0 saturated carbocycles. The number of rotatable bonds is 6. The third-order valence-electron chi connectivity index (χ3n) is 5.31. The molecule has 0 heterocycles. The lowest BCUT2D eigenvalue weighted by atomic mass is 9.97. The molecule has 0 aliphatic heterocycles. The van der Waals surface area contributed by atoms with E-state index in [0.29, 0.717) is 23.1 Å². The Morgan fingerprint density at radius 3 is 2.33 bits per heavy atom. The van der Waals surface area contributed by atoms with Crippen LogP contribution in [0.15, 0.2) is 84.9 Å². The zero-order chi connectivity index (χ0) is 23.6.